The molecule has 0 radical (unpaired) electrons. The first-order chi connectivity index (χ1) is 14.7. The van der Waals surface area contributed by atoms with Gasteiger partial charge in [-0.1, -0.05) is 56.0 Å². The number of para-hydroxylation sites is 2. The molecule has 0 atom stereocenters. The average molecular weight is 429 g/mol. The molecule has 1 aromatic heterocycles. The zero-order chi connectivity index (χ0) is 20.8. The van der Waals surface area contributed by atoms with Gasteiger partial charge in [-0.25, -0.2) is 4.98 Å². The SMILES string of the molecule is O=C(Cn1c(SCC(=O)N2CCCCCC2)nc2ccccc21)NC1CCCCC1. The van der Waals surface area contributed by atoms with Crippen molar-refractivity contribution < 1.29 is 9.59 Å². The number of aromatic nitrogens is 2. The summed E-state index contributed by atoms with van der Waals surface area (Å²) in [5.41, 5.74) is 1.81. The number of thioether (sulfide) groups is 1. The van der Waals surface area contributed by atoms with Gasteiger partial charge in [-0.3, -0.25) is 9.59 Å². The van der Waals surface area contributed by atoms with Gasteiger partial charge in [0.1, 0.15) is 6.54 Å². The Morgan fingerprint density at radius 2 is 1.70 bits per heavy atom. The molecule has 1 N–H and O–H groups in total. The Labute approximate surface area is 182 Å². The molecular weight excluding hydrogens is 396 g/mol. The summed E-state index contributed by atoms with van der Waals surface area (Å²) in [6.07, 6.45) is 10.4. The number of hydrogen-bond acceptors (Lipinski definition) is 4. The number of likely N-dealkylation sites (tertiary alicyclic amines) is 1. The normalized spacial score (nSPS) is 18.3. The van der Waals surface area contributed by atoms with Crippen LogP contribution in [0.4, 0.5) is 0 Å². The first-order valence-electron chi connectivity index (χ1n) is 11.4. The fourth-order valence-corrected chi connectivity index (χ4v) is 5.43. The van der Waals surface area contributed by atoms with Crippen molar-refractivity contribution in [3.63, 3.8) is 0 Å². The second-order valence-corrected chi connectivity index (χ2v) is 9.40. The average Bonchev–Trinajstić information content (AvgIpc) is 2.93. The molecule has 0 unspecified atom stereocenters. The molecule has 1 saturated heterocycles. The maximum absolute atomic E-state index is 12.8. The van der Waals surface area contributed by atoms with Crippen molar-refractivity contribution >= 4 is 34.6 Å². The first kappa shape index (κ1) is 21.2. The van der Waals surface area contributed by atoms with Gasteiger partial charge in [-0.05, 0) is 37.8 Å². The van der Waals surface area contributed by atoms with Crippen molar-refractivity contribution in [1.29, 1.82) is 0 Å². The van der Waals surface area contributed by atoms with Gasteiger partial charge in [-0.2, -0.15) is 0 Å². The van der Waals surface area contributed by atoms with E-state index in [9.17, 15) is 9.59 Å². The number of imidazole rings is 1. The van der Waals surface area contributed by atoms with Crippen molar-refractivity contribution in [3.05, 3.63) is 24.3 Å². The Bertz CT molecular complexity index is 867. The number of rotatable bonds is 6. The van der Waals surface area contributed by atoms with Crippen molar-refractivity contribution in [3.8, 4) is 0 Å². The molecule has 0 spiro atoms. The predicted molar refractivity (Wildman–Crippen MR) is 121 cm³/mol. The molecule has 2 fully saturated rings. The lowest BCUT2D eigenvalue weighted by atomic mass is 9.95. The fraction of sp³-hybridized carbons (Fsp3) is 0.609. The number of nitrogens with one attached hydrogen (secondary N) is 1. The van der Waals surface area contributed by atoms with E-state index in [2.05, 4.69) is 5.32 Å². The Kier molecular flexibility index (Phi) is 7.31. The largest absolute Gasteiger partial charge is 0.352 e. The second-order valence-electron chi connectivity index (χ2n) is 8.46. The van der Waals surface area contributed by atoms with Gasteiger partial charge < -0.3 is 14.8 Å². The summed E-state index contributed by atoms with van der Waals surface area (Å²) in [5.74, 6) is 0.575. The minimum Gasteiger partial charge on any atom is -0.352 e. The van der Waals surface area contributed by atoms with E-state index in [0.29, 0.717) is 11.8 Å². The maximum Gasteiger partial charge on any atom is 0.240 e. The number of hydrogen-bond donors (Lipinski definition) is 1. The van der Waals surface area contributed by atoms with Crippen LogP contribution >= 0.6 is 11.8 Å². The van der Waals surface area contributed by atoms with Gasteiger partial charge >= 0.3 is 0 Å². The van der Waals surface area contributed by atoms with E-state index in [1.807, 2.05) is 33.7 Å². The van der Waals surface area contributed by atoms with Crippen LogP contribution in [0.15, 0.2) is 29.4 Å². The van der Waals surface area contributed by atoms with Crippen LogP contribution < -0.4 is 5.32 Å². The zero-order valence-corrected chi connectivity index (χ0v) is 18.5. The van der Waals surface area contributed by atoms with Gasteiger partial charge in [0.25, 0.3) is 0 Å². The Hall–Kier alpha value is -2.02. The van der Waals surface area contributed by atoms with Crippen molar-refractivity contribution in [2.24, 2.45) is 0 Å². The second kappa shape index (κ2) is 10.3. The van der Waals surface area contributed by atoms with Crippen LogP contribution in [0.1, 0.15) is 57.8 Å². The predicted octanol–water partition coefficient (Wildman–Crippen LogP) is 3.98. The topological polar surface area (TPSA) is 67.2 Å². The summed E-state index contributed by atoms with van der Waals surface area (Å²) in [4.78, 5) is 32.2. The van der Waals surface area contributed by atoms with Gasteiger partial charge in [-0.15, -0.1) is 0 Å². The lowest BCUT2D eigenvalue weighted by Crippen LogP contribution is -2.38. The van der Waals surface area contributed by atoms with E-state index in [1.165, 1.54) is 43.9 Å². The molecule has 30 heavy (non-hydrogen) atoms. The summed E-state index contributed by atoms with van der Waals surface area (Å²) < 4.78 is 1.97. The Morgan fingerprint density at radius 3 is 2.47 bits per heavy atom. The van der Waals surface area contributed by atoms with Crippen LogP contribution in [-0.4, -0.2) is 51.1 Å². The molecule has 6 nitrogen and oxygen atoms in total. The number of carbonyl (C=O) groups is 2. The van der Waals surface area contributed by atoms with E-state index in [1.54, 1.807) is 0 Å². The number of amides is 2. The third-order valence-corrected chi connectivity index (χ3v) is 7.14. The van der Waals surface area contributed by atoms with Crippen LogP contribution in [0.5, 0.6) is 0 Å². The van der Waals surface area contributed by atoms with Crippen molar-refractivity contribution in [2.45, 2.75) is 75.5 Å². The minimum absolute atomic E-state index is 0.0331. The molecule has 2 aromatic rings. The molecule has 1 aliphatic heterocycles. The lowest BCUT2D eigenvalue weighted by molar-refractivity contribution is -0.128. The third kappa shape index (κ3) is 5.36. The Morgan fingerprint density at radius 1 is 1.00 bits per heavy atom. The highest BCUT2D eigenvalue weighted by Gasteiger charge is 2.21. The molecule has 7 heteroatoms. The van der Waals surface area contributed by atoms with Crippen LogP contribution in [0.3, 0.4) is 0 Å². The van der Waals surface area contributed by atoms with Crippen LogP contribution in [0, 0.1) is 0 Å². The van der Waals surface area contributed by atoms with Gasteiger partial charge in [0, 0.05) is 19.1 Å². The number of nitrogens with zero attached hydrogens (tertiary/aromatic N) is 3. The molecule has 162 valence electrons. The Balaban J connectivity index is 1.44. The highest BCUT2D eigenvalue weighted by Crippen LogP contribution is 2.25. The molecule has 1 aromatic carbocycles. The molecule has 1 saturated carbocycles. The summed E-state index contributed by atoms with van der Waals surface area (Å²) in [6.45, 7) is 1.97. The van der Waals surface area contributed by atoms with Crippen LogP contribution in [0.25, 0.3) is 11.0 Å². The summed E-state index contributed by atoms with van der Waals surface area (Å²) in [6, 6.07) is 8.18. The van der Waals surface area contributed by atoms with Gasteiger partial charge in [0.15, 0.2) is 5.16 Å². The van der Waals surface area contributed by atoms with Gasteiger partial charge in [0.05, 0.1) is 16.8 Å². The van der Waals surface area contributed by atoms with Crippen LogP contribution in [-0.2, 0) is 16.1 Å². The van der Waals surface area contributed by atoms with Gasteiger partial charge in [0.2, 0.25) is 11.8 Å². The summed E-state index contributed by atoms with van der Waals surface area (Å²) >= 11 is 1.45. The van der Waals surface area contributed by atoms with Crippen molar-refractivity contribution in [2.75, 3.05) is 18.8 Å². The summed E-state index contributed by atoms with van der Waals surface area (Å²) in [5, 5.41) is 3.95. The first-order valence-corrected chi connectivity index (χ1v) is 12.3. The molecular formula is C23H32N4O2S. The molecule has 2 amide bonds. The molecule has 4 rings (SSSR count). The highest BCUT2D eigenvalue weighted by molar-refractivity contribution is 7.99. The quantitative estimate of drug-likeness (QED) is 0.707. The van der Waals surface area contributed by atoms with E-state index >= 15 is 0 Å². The molecule has 2 heterocycles. The highest BCUT2D eigenvalue weighted by atomic mass is 32.2. The molecule has 0 bridgehead atoms. The van der Waals surface area contributed by atoms with E-state index in [0.717, 1.165) is 55.0 Å². The number of fused-ring (bicyclic) bond motifs is 1. The van der Waals surface area contributed by atoms with E-state index in [4.69, 9.17) is 4.98 Å². The maximum atomic E-state index is 12.8. The molecule has 2 aliphatic rings. The fourth-order valence-electron chi connectivity index (χ4n) is 4.52. The lowest BCUT2D eigenvalue weighted by Gasteiger charge is -2.23. The zero-order valence-electron chi connectivity index (χ0n) is 17.6. The van der Waals surface area contributed by atoms with E-state index < -0.39 is 0 Å². The number of benzene rings is 1. The van der Waals surface area contributed by atoms with E-state index in [-0.39, 0.29) is 18.4 Å². The molecule has 1 aliphatic carbocycles. The smallest absolute Gasteiger partial charge is 0.240 e. The standard InChI is InChI=1S/C23H32N4O2S/c28-21(24-18-10-4-3-5-11-18)16-27-20-13-7-6-12-19(20)25-23(27)30-17-22(29)26-14-8-1-2-9-15-26/h6-7,12-13,18H,1-5,8-11,14-17H2,(H,24,28). The van der Waals surface area contributed by atoms with Crippen LogP contribution in [0.2, 0.25) is 0 Å². The van der Waals surface area contributed by atoms with Crippen molar-refractivity contribution in [1.82, 2.24) is 19.8 Å². The summed E-state index contributed by atoms with van der Waals surface area (Å²) in [7, 11) is 0. The monoisotopic (exact) mass is 428 g/mol. The number of carbonyl (C=O) groups excluding carboxylic acids is 2. The third-order valence-electron chi connectivity index (χ3n) is 6.18. The minimum atomic E-state index is 0.0331.